The molecule has 0 aromatic heterocycles. The molecule has 2 aromatic carbocycles. The minimum atomic E-state index is 0.203. The van der Waals surface area contributed by atoms with Crippen LogP contribution in [0.15, 0.2) is 36.4 Å². The lowest BCUT2D eigenvalue weighted by Crippen LogP contribution is -2.31. The highest BCUT2D eigenvalue weighted by Crippen LogP contribution is 2.32. The van der Waals surface area contributed by atoms with Gasteiger partial charge in [0.05, 0.1) is 14.2 Å². The lowest BCUT2D eigenvalue weighted by molar-refractivity contribution is 0.354. The molecule has 1 atom stereocenters. The Kier molecular flexibility index (Phi) is 4.20. The highest BCUT2D eigenvalue weighted by molar-refractivity contribution is 5.44. The van der Waals surface area contributed by atoms with Gasteiger partial charge in [-0.3, -0.25) is 0 Å². The molecular weight excluding hydrogens is 278 g/mol. The maximum atomic E-state index is 9.76. The molecule has 0 fully saturated rings. The molecule has 0 radical (unpaired) electrons. The average molecular weight is 299 g/mol. The predicted molar refractivity (Wildman–Crippen MR) is 85.8 cm³/mol. The maximum absolute atomic E-state index is 9.76. The molecule has 0 amide bonds. The first-order chi connectivity index (χ1) is 10.7. The molecule has 0 spiro atoms. The number of methoxy groups -OCH3 is 2. The van der Waals surface area contributed by atoms with Crippen LogP contribution in [0.5, 0.6) is 17.2 Å². The van der Waals surface area contributed by atoms with E-state index in [0.29, 0.717) is 5.75 Å². The molecule has 1 aliphatic heterocycles. The fourth-order valence-electron chi connectivity index (χ4n) is 3.05. The van der Waals surface area contributed by atoms with Crippen LogP contribution in [0.2, 0.25) is 0 Å². The molecule has 0 bridgehead atoms. The SMILES string of the molecule is COc1ccc(CC2NCCc3ccc(O)cc32)cc1OC. The van der Waals surface area contributed by atoms with Crippen molar-refractivity contribution in [3.8, 4) is 17.2 Å². The van der Waals surface area contributed by atoms with E-state index in [0.717, 1.165) is 30.9 Å². The zero-order valence-electron chi connectivity index (χ0n) is 12.9. The van der Waals surface area contributed by atoms with Crippen LogP contribution >= 0.6 is 0 Å². The number of aromatic hydroxyl groups is 1. The summed E-state index contributed by atoms with van der Waals surface area (Å²) in [5, 5.41) is 13.3. The van der Waals surface area contributed by atoms with Crippen LogP contribution in [0.1, 0.15) is 22.7 Å². The molecule has 1 unspecified atom stereocenters. The minimum absolute atomic E-state index is 0.203. The van der Waals surface area contributed by atoms with Gasteiger partial charge in [0.25, 0.3) is 0 Å². The second-order valence-electron chi connectivity index (χ2n) is 5.53. The van der Waals surface area contributed by atoms with Crippen LogP contribution < -0.4 is 14.8 Å². The molecule has 2 N–H and O–H groups in total. The number of nitrogens with one attached hydrogen (secondary N) is 1. The van der Waals surface area contributed by atoms with E-state index < -0.39 is 0 Å². The highest BCUT2D eigenvalue weighted by Gasteiger charge is 2.21. The highest BCUT2D eigenvalue weighted by atomic mass is 16.5. The van der Waals surface area contributed by atoms with Crippen molar-refractivity contribution in [3.05, 3.63) is 53.1 Å². The summed E-state index contributed by atoms with van der Waals surface area (Å²) in [6.45, 7) is 0.954. The number of ether oxygens (including phenoxy) is 2. The van der Waals surface area contributed by atoms with Crippen molar-refractivity contribution >= 4 is 0 Å². The molecule has 0 aliphatic carbocycles. The summed E-state index contributed by atoms with van der Waals surface area (Å²) in [7, 11) is 3.28. The molecular formula is C18H21NO3. The van der Waals surface area contributed by atoms with Gasteiger partial charge in [-0.2, -0.15) is 0 Å². The first-order valence-corrected chi connectivity index (χ1v) is 7.47. The number of rotatable bonds is 4. The smallest absolute Gasteiger partial charge is 0.160 e. The Labute approximate surface area is 130 Å². The predicted octanol–water partition coefficient (Wildman–Crippen LogP) is 2.84. The standard InChI is InChI=1S/C18H21NO3/c1-21-17-6-3-12(10-18(17)22-2)9-16-15-11-14(20)5-4-13(15)7-8-19-16/h3-6,10-11,16,19-20H,7-9H2,1-2H3. The number of phenols is 1. The van der Waals surface area contributed by atoms with E-state index in [1.807, 2.05) is 24.3 Å². The van der Waals surface area contributed by atoms with E-state index in [4.69, 9.17) is 9.47 Å². The average Bonchev–Trinajstić information content (AvgIpc) is 2.55. The summed E-state index contributed by atoms with van der Waals surface area (Å²) in [5.41, 5.74) is 3.66. The van der Waals surface area contributed by atoms with Gasteiger partial charge in [-0.1, -0.05) is 12.1 Å². The maximum Gasteiger partial charge on any atom is 0.160 e. The lowest BCUT2D eigenvalue weighted by atomic mass is 9.90. The third kappa shape index (κ3) is 2.88. The monoisotopic (exact) mass is 299 g/mol. The van der Waals surface area contributed by atoms with Gasteiger partial charge in [0.1, 0.15) is 5.75 Å². The summed E-state index contributed by atoms with van der Waals surface area (Å²) < 4.78 is 10.6. The molecule has 2 aromatic rings. The molecule has 4 nitrogen and oxygen atoms in total. The summed E-state index contributed by atoms with van der Waals surface area (Å²) in [6.07, 6.45) is 1.84. The zero-order chi connectivity index (χ0) is 15.5. The van der Waals surface area contributed by atoms with Crippen LogP contribution in [0, 0.1) is 0 Å². The molecule has 4 heteroatoms. The Hall–Kier alpha value is -2.20. The molecule has 0 saturated heterocycles. The van der Waals surface area contributed by atoms with Crippen molar-refractivity contribution in [2.24, 2.45) is 0 Å². The summed E-state index contributed by atoms with van der Waals surface area (Å²) >= 11 is 0. The number of phenolic OH excluding ortho intramolecular Hbond substituents is 1. The normalized spacial score (nSPS) is 16.9. The van der Waals surface area contributed by atoms with E-state index in [1.165, 1.54) is 16.7 Å². The molecule has 0 saturated carbocycles. The van der Waals surface area contributed by atoms with Crippen LogP contribution in [-0.4, -0.2) is 25.9 Å². The van der Waals surface area contributed by atoms with Gasteiger partial charge in [-0.15, -0.1) is 0 Å². The van der Waals surface area contributed by atoms with Crippen molar-refractivity contribution in [2.75, 3.05) is 20.8 Å². The quantitative estimate of drug-likeness (QED) is 0.911. The van der Waals surface area contributed by atoms with Gasteiger partial charge in [0.2, 0.25) is 0 Å². The Morgan fingerprint density at radius 1 is 1.09 bits per heavy atom. The fourth-order valence-corrected chi connectivity index (χ4v) is 3.05. The van der Waals surface area contributed by atoms with E-state index in [1.54, 1.807) is 20.3 Å². The molecule has 1 heterocycles. The van der Waals surface area contributed by atoms with Gasteiger partial charge in [-0.05, 0) is 60.3 Å². The van der Waals surface area contributed by atoms with E-state index in [2.05, 4.69) is 11.4 Å². The first-order valence-electron chi connectivity index (χ1n) is 7.47. The first kappa shape index (κ1) is 14.7. The van der Waals surface area contributed by atoms with E-state index >= 15 is 0 Å². The number of hydrogen-bond acceptors (Lipinski definition) is 4. The third-order valence-electron chi connectivity index (χ3n) is 4.18. The van der Waals surface area contributed by atoms with Crippen molar-refractivity contribution < 1.29 is 14.6 Å². The van der Waals surface area contributed by atoms with Crippen LogP contribution in [-0.2, 0) is 12.8 Å². The molecule has 1 aliphatic rings. The van der Waals surface area contributed by atoms with Gasteiger partial charge >= 0.3 is 0 Å². The van der Waals surface area contributed by atoms with Crippen molar-refractivity contribution in [1.82, 2.24) is 5.32 Å². The zero-order valence-corrected chi connectivity index (χ0v) is 12.9. The van der Waals surface area contributed by atoms with Crippen molar-refractivity contribution in [2.45, 2.75) is 18.9 Å². The van der Waals surface area contributed by atoms with Gasteiger partial charge in [0, 0.05) is 6.04 Å². The number of hydrogen-bond donors (Lipinski definition) is 2. The topological polar surface area (TPSA) is 50.7 Å². The Bertz CT molecular complexity index is 669. The second kappa shape index (κ2) is 6.28. The second-order valence-corrected chi connectivity index (χ2v) is 5.53. The third-order valence-corrected chi connectivity index (χ3v) is 4.18. The Morgan fingerprint density at radius 3 is 2.68 bits per heavy atom. The summed E-state index contributed by atoms with van der Waals surface area (Å²) in [5.74, 6) is 1.80. The van der Waals surface area contributed by atoms with Crippen LogP contribution in [0.4, 0.5) is 0 Å². The molecule has 116 valence electrons. The number of benzene rings is 2. The number of fused-ring (bicyclic) bond motifs is 1. The van der Waals surface area contributed by atoms with Gasteiger partial charge in [-0.25, -0.2) is 0 Å². The lowest BCUT2D eigenvalue weighted by Gasteiger charge is -2.27. The molecule has 22 heavy (non-hydrogen) atoms. The largest absolute Gasteiger partial charge is 0.508 e. The van der Waals surface area contributed by atoms with E-state index in [-0.39, 0.29) is 6.04 Å². The van der Waals surface area contributed by atoms with Crippen LogP contribution in [0.3, 0.4) is 0 Å². The van der Waals surface area contributed by atoms with Gasteiger partial charge in [0.15, 0.2) is 11.5 Å². The minimum Gasteiger partial charge on any atom is -0.508 e. The van der Waals surface area contributed by atoms with Crippen molar-refractivity contribution in [3.63, 3.8) is 0 Å². The van der Waals surface area contributed by atoms with E-state index in [9.17, 15) is 5.11 Å². The van der Waals surface area contributed by atoms with Gasteiger partial charge < -0.3 is 19.9 Å². The Morgan fingerprint density at radius 2 is 1.91 bits per heavy atom. The van der Waals surface area contributed by atoms with Crippen LogP contribution in [0.25, 0.3) is 0 Å². The summed E-state index contributed by atoms with van der Waals surface area (Å²) in [6, 6.07) is 11.9. The van der Waals surface area contributed by atoms with Crippen molar-refractivity contribution in [1.29, 1.82) is 0 Å². The summed E-state index contributed by atoms with van der Waals surface area (Å²) in [4.78, 5) is 0. The molecule has 3 rings (SSSR count). The Balaban J connectivity index is 1.87. The fraction of sp³-hybridized carbons (Fsp3) is 0.333.